The summed E-state index contributed by atoms with van der Waals surface area (Å²) < 4.78 is 26.9. The van der Waals surface area contributed by atoms with Gasteiger partial charge in [-0.25, -0.2) is 13.1 Å². The van der Waals surface area contributed by atoms with Gasteiger partial charge in [-0.3, -0.25) is 10.1 Å². The molecule has 0 saturated carbocycles. The van der Waals surface area contributed by atoms with Crippen molar-refractivity contribution >= 4 is 32.4 Å². The summed E-state index contributed by atoms with van der Waals surface area (Å²) in [5.41, 5.74) is 2.35. The molecule has 0 saturated heterocycles. The van der Waals surface area contributed by atoms with E-state index < -0.39 is 15.9 Å². The fourth-order valence-electron chi connectivity index (χ4n) is 2.63. The molecule has 0 aliphatic heterocycles. The van der Waals surface area contributed by atoms with Crippen LogP contribution in [0.1, 0.15) is 35.7 Å². The van der Waals surface area contributed by atoms with Gasteiger partial charge in [0.2, 0.25) is 15.2 Å². The highest BCUT2D eigenvalue weighted by molar-refractivity contribution is 7.89. The van der Waals surface area contributed by atoms with Crippen LogP contribution >= 0.6 is 11.3 Å². The van der Waals surface area contributed by atoms with Crippen LogP contribution in [0.3, 0.4) is 0 Å². The number of benzene rings is 2. The molecule has 9 heteroatoms. The summed E-state index contributed by atoms with van der Waals surface area (Å²) in [6.07, 6.45) is 1.44. The third-order valence-electron chi connectivity index (χ3n) is 4.29. The number of nitrogens with one attached hydrogen (secondary N) is 2. The van der Waals surface area contributed by atoms with E-state index in [0.717, 1.165) is 5.56 Å². The van der Waals surface area contributed by atoms with Crippen LogP contribution in [0.25, 0.3) is 10.6 Å². The molecule has 3 rings (SSSR count). The van der Waals surface area contributed by atoms with Crippen molar-refractivity contribution < 1.29 is 13.2 Å². The Kier molecular flexibility index (Phi) is 6.76. The van der Waals surface area contributed by atoms with Crippen LogP contribution in [0.15, 0.2) is 66.1 Å². The summed E-state index contributed by atoms with van der Waals surface area (Å²) >= 11 is 1.25. The second-order valence-corrected chi connectivity index (χ2v) is 9.56. The van der Waals surface area contributed by atoms with E-state index >= 15 is 0 Å². The molecule has 0 aliphatic rings. The molecule has 1 aromatic heterocycles. The molecular weight excluding hydrogens is 420 g/mol. The lowest BCUT2D eigenvalue weighted by Gasteiger charge is -2.07. The average Bonchev–Trinajstić information content (AvgIpc) is 3.21. The van der Waals surface area contributed by atoms with Crippen LogP contribution in [0, 0.1) is 0 Å². The Morgan fingerprint density at radius 3 is 2.57 bits per heavy atom. The molecule has 0 unspecified atom stereocenters. The van der Waals surface area contributed by atoms with Crippen molar-refractivity contribution in [3.05, 3.63) is 72.3 Å². The first-order valence-corrected chi connectivity index (χ1v) is 11.6. The molecule has 0 aliphatic carbocycles. The quantitative estimate of drug-likeness (QED) is 0.513. The van der Waals surface area contributed by atoms with Crippen LogP contribution in [-0.2, 0) is 10.0 Å². The van der Waals surface area contributed by atoms with E-state index in [2.05, 4.69) is 40.7 Å². The molecule has 0 bridgehead atoms. The second-order valence-electron chi connectivity index (χ2n) is 6.81. The van der Waals surface area contributed by atoms with E-state index in [1.165, 1.54) is 47.2 Å². The highest BCUT2D eigenvalue weighted by Crippen LogP contribution is 2.28. The summed E-state index contributed by atoms with van der Waals surface area (Å²) in [4.78, 5) is 12.6. The van der Waals surface area contributed by atoms with Crippen molar-refractivity contribution in [2.24, 2.45) is 0 Å². The van der Waals surface area contributed by atoms with Gasteiger partial charge in [-0.15, -0.1) is 16.8 Å². The van der Waals surface area contributed by atoms with Gasteiger partial charge in [0.05, 0.1) is 4.90 Å². The second kappa shape index (κ2) is 9.29. The van der Waals surface area contributed by atoms with E-state index in [1.807, 2.05) is 24.3 Å². The van der Waals surface area contributed by atoms with Gasteiger partial charge in [0, 0.05) is 17.7 Å². The molecule has 0 atom stereocenters. The Morgan fingerprint density at radius 2 is 1.90 bits per heavy atom. The molecule has 0 spiro atoms. The smallest absolute Gasteiger partial charge is 0.257 e. The maximum absolute atomic E-state index is 12.6. The number of carbonyl (C=O) groups excluding carboxylic acids is 1. The summed E-state index contributed by atoms with van der Waals surface area (Å²) in [7, 11) is -3.72. The molecule has 3 aromatic rings. The van der Waals surface area contributed by atoms with Gasteiger partial charge in [0.25, 0.3) is 5.91 Å². The average molecular weight is 443 g/mol. The summed E-state index contributed by atoms with van der Waals surface area (Å²) in [6.45, 7) is 7.84. The van der Waals surface area contributed by atoms with E-state index in [0.29, 0.717) is 16.1 Å². The molecule has 0 radical (unpaired) electrons. The van der Waals surface area contributed by atoms with Crippen LogP contribution in [0.4, 0.5) is 5.13 Å². The standard InChI is InChI=1S/C21H22N4O3S2/c1-4-12-22-30(27,28)18-7-5-6-17(13-18)19(26)23-21-25-24-20(29-21)16-10-8-15(9-11-16)14(2)3/h4-11,13-14,22H,1,12H2,2-3H3,(H,23,25,26). The summed E-state index contributed by atoms with van der Waals surface area (Å²) in [5.74, 6) is -0.0245. The minimum atomic E-state index is -3.72. The number of hydrogen-bond donors (Lipinski definition) is 2. The zero-order valence-corrected chi connectivity index (χ0v) is 18.3. The van der Waals surface area contributed by atoms with Crippen LogP contribution < -0.4 is 10.0 Å². The Labute approximate surface area is 179 Å². The number of amides is 1. The number of rotatable bonds is 8. The minimum absolute atomic E-state index is 0.000181. The number of nitrogens with zero attached hydrogens (tertiary/aromatic N) is 2. The van der Waals surface area contributed by atoms with Crippen LogP contribution in [-0.4, -0.2) is 31.1 Å². The third-order valence-corrected chi connectivity index (χ3v) is 6.60. The Morgan fingerprint density at radius 1 is 1.17 bits per heavy atom. The van der Waals surface area contributed by atoms with Gasteiger partial charge < -0.3 is 0 Å². The fraction of sp³-hybridized carbons (Fsp3) is 0.190. The van der Waals surface area contributed by atoms with Crippen molar-refractivity contribution in [3.63, 3.8) is 0 Å². The topological polar surface area (TPSA) is 101 Å². The molecule has 1 heterocycles. The first-order chi connectivity index (χ1) is 14.3. The molecule has 7 nitrogen and oxygen atoms in total. The van der Waals surface area contributed by atoms with Crippen LogP contribution in [0.2, 0.25) is 0 Å². The van der Waals surface area contributed by atoms with Gasteiger partial charge >= 0.3 is 0 Å². The maximum Gasteiger partial charge on any atom is 0.257 e. The predicted octanol–water partition coefficient (Wildman–Crippen LogP) is 4.05. The SMILES string of the molecule is C=CCNS(=O)(=O)c1cccc(C(=O)Nc2nnc(-c3ccc(C(C)C)cc3)s2)c1. The lowest BCUT2D eigenvalue weighted by atomic mass is 10.0. The zero-order valence-electron chi connectivity index (χ0n) is 16.6. The normalized spacial score (nSPS) is 11.4. The third kappa shape index (κ3) is 5.18. The van der Waals surface area contributed by atoms with E-state index in [1.54, 1.807) is 0 Å². The van der Waals surface area contributed by atoms with Gasteiger partial charge in [-0.1, -0.05) is 61.6 Å². The van der Waals surface area contributed by atoms with Gasteiger partial charge in [0.15, 0.2) is 0 Å². The first kappa shape index (κ1) is 21.8. The molecule has 2 N–H and O–H groups in total. The summed E-state index contributed by atoms with van der Waals surface area (Å²) in [5, 5.41) is 11.9. The van der Waals surface area contributed by atoms with Crippen molar-refractivity contribution in [3.8, 4) is 10.6 Å². The van der Waals surface area contributed by atoms with Gasteiger partial charge in [-0.2, -0.15) is 0 Å². The number of aromatic nitrogens is 2. The Hall–Kier alpha value is -2.88. The summed E-state index contributed by atoms with van der Waals surface area (Å²) in [6, 6.07) is 13.8. The molecule has 156 valence electrons. The van der Waals surface area contributed by atoms with E-state index in [-0.39, 0.29) is 17.0 Å². The van der Waals surface area contributed by atoms with Gasteiger partial charge in [-0.05, 0) is 29.7 Å². The number of hydrogen-bond acceptors (Lipinski definition) is 6. The Balaban J connectivity index is 1.74. The van der Waals surface area contributed by atoms with Crippen molar-refractivity contribution in [2.75, 3.05) is 11.9 Å². The molecule has 2 aromatic carbocycles. The number of sulfonamides is 1. The lowest BCUT2D eigenvalue weighted by Crippen LogP contribution is -2.24. The number of anilines is 1. The Bertz CT molecular complexity index is 1150. The monoisotopic (exact) mass is 442 g/mol. The molecule has 0 fully saturated rings. The van der Waals surface area contributed by atoms with Crippen molar-refractivity contribution in [1.82, 2.24) is 14.9 Å². The highest BCUT2D eigenvalue weighted by atomic mass is 32.2. The minimum Gasteiger partial charge on any atom is -0.296 e. The van der Waals surface area contributed by atoms with Crippen molar-refractivity contribution in [1.29, 1.82) is 0 Å². The predicted molar refractivity (Wildman–Crippen MR) is 119 cm³/mol. The van der Waals surface area contributed by atoms with Crippen LogP contribution in [0.5, 0.6) is 0 Å². The molecule has 1 amide bonds. The lowest BCUT2D eigenvalue weighted by molar-refractivity contribution is 0.102. The van der Waals surface area contributed by atoms with Gasteiger partial charge in [0.1, 0.15) is 5.01 Å². The fourth-order valence-corrected chi connectivity index (χ4v) is 4.41. The molecule has 30 heavy (non-hydrogen) atoms. The largest absolute Gasteiger partial charge is 0.296 e. The number of carbonyl (C=O) groups is 1. The van der Waals surface area contributed by atoms with Crippen molar-refractivity contribution in [2.45, 2.75) is 24.7 Å². The van der Waals surface area contributed by atoms with E-state index in [9.17, 15) is 13.2 Å². The van der Waals surface area contributed by atoms with E-state index in [4.69, 9.17) is 0 Å². The first-order valence-electron chi connectivity index (χ1n) is 9.26. The highest BCUT2D eigenvalue weighted by Gasteiger charge is 2.17. The zero-order chi connectivity index (χ0) is 21.7. The molecular formula is C21H22N4O3S2. The maximum atomic E-state index is 12.6.